The monoisotopic (exact) mass is 336 g/mol. The maximum atomic E-state index is 12.2. The third kappa shape index (κ3) is 3.04. The number of aryl methyl sites for hydroxylation is 1. The van der Waals surface area contributed by atoms with Gasteiger partial charge in [-0.3, -0.25) is 4.79 Å². The summed E-state index contributed by atoms with van der Waals surface area (Å²) in [4.78, 5) is 14.2. The van der Waals surface area contributed by atoms with Crippen LogP contribution in [0.5, 0.6) is 0 Å². The molecule has 0 bridgehead atoms. The van der Waals surface area contributed by atoms with E-state index in [1.807, 2.05) is 11.0 Å². The lowest BCUT2D eigenvalue weighted by Crippen LogP contribution is -2.48. The van der Waals surface area contributed by atoms with Gasteiger partial charge in [0.15, 0.2) is 0 Å². The average Bonchev–Trinajstić information content (AvgIpc) is 2.59. The number of nitrogens with zero attached hydrogens (tertiary/aromatic N) is 1. The zero-order valence-corrected chi connectivity index (χ0v) is 15.8. The molecule has 1 heterocycles. The first-order chi connectivity index (χ1) is 12.0. The maximum absolute atomic E-state index is 12.2. The zero-order chi connectivity index (χ0) is 18.1. The molecule has 0 fully saturated rings. The third-order valence-electron chi connectivity index (χ3n) is 5.64. The molecule has 132 valence electrons. The van der Waals surface area contributed by atoms with Gasteiger partial charge in [0.05, 0.1) is 6.04 Å². The maximum Gasteiger partial charge on any atom is 0.224 e. The van der Waals surface area contributed by atoms with Gasteiger partial charge in [0.1, 0.15) is 0 Å². The number of para-hydroxylation sites is 1. The molecule has 1 N–H and O–H groups in total. The molecule has 3 heteroatoms. The first-order valence-corrected chi connectivity index (χ1v) is 9.19. The van der Waals surface area contributed by atoms with Crippen LogP contribution in [0.25, 0.3) is 0 Å². The second kappa shape index (κ2) is 6.91. The molecule has 0 spiro atoms. The molecule has 1 aliphatic heterocycles. The second-order valence-electron chi connectivity index (χ2n) is 7.12. The Balaban J connectivity index is 2.06. The lowest BCUT2D eigenvalue weighted by atomic mass is 9.82. The van der Waals surface area contributed by atoms with Gasteiger partial charge in [0.25, 0.3) is 0 Å². The van der Waals surface area contributed by atoms with Crippen molar-refractivity contribution in [3.8, 4) is 0 Å². The zero-order valence-electron chi connectivity index (χ0n) is 15.8. The minimum absolute atomic E-state index is 0.107. The van der Waals surface area contributed by atoms with Gasteiger partial charge < -0.3 is 10.2 Å². The van der Waals surface area contributed by atoms with Gasteiger partial charge in [-0.05, 0) is 49.1 Å². The van der Waals surface area contributed by atoms with Crippen molar-refractivity contribution in [3.05, 3.63) is 59.2 Å². The van der Waals surface area contributed by atoms with E-state index in [1.54, 1.807) is 6.92 Å². The molecule has 3 unspecified atom stereocenters. The quantitative estimate of drug-likeness (QED) is 0.845. The summed E-state index contributed by atoms with van der Waals surface area (Å²) in [5.74, 6) is 0.416. The van der Waals surface area contributed by atoms with Gasteiger partial charge in [-0.1, -0.05) is 44.2 Å². The van der Waals surface area contributed by atoms with Crippen LogP contribution in [0.1, 0.15) is 50.4 Å². The molecule has 0 aliphatic carbocycles. The number of hydrogen-bond acceptors (Lipinski definition) is 2. The molecule has 3 rings (SSSR count). The second-order valence-corrected chi connectivity index (χ2v) is 7.12. The van der Waals surface area contributed by atoms with Gasteiger partial charge >= 0.3 is 0 Å². The number of hydrogen-bond donors (Lipinski definition) is 1. The fraction of sp³-hybridized carbons (Fsp3) is 0.409. The summed E-state index contributed by atoms with van der Waals surface area (Å²) in [6, 6.07) is 15.1. The van der Waals surface area contributed by atoms with E-state index in [0.29, 0.717) is 5.92 Å². The van der Waals surface area contributed by atoms with E-state index in [1.165, 1.54) is 22.4 Å². The van der Waals surface area contributed by atoms with Crippen molar-refractivity contribution in [1.82, 2.24) is 0 Å². The molecule has 0 saturated heterocycles. The molecule has 1 aliphatic rings. The van der Waals surface area contributed by atoms with Crippen molar-refractivity contribution < 1.29 is 4.79 Å². The number of rotatable bonds is 3. The fourth-order valence-electron chi connectivity index (χ4n) is 4.13. The highest BCUT2D eigenvalue weighted by Crippen LogP contribution is 2.42. The van der Waals surface area contributed by atoms with E-state index in [-0.39, 0.29) is 18.0 Å². The van der Waals surface area contributed by atoms with Crippen LogP contribution in [0.3, 0.4) is 0 Å². The van der Waals surface area contributed by atoms with Crippen LogP contribution in [-0.4, -0.2) is 11.9 Å². The Kier molecular flexibility index (Phi) is 4.85. The predicted molar refractivity (Wildman–Crippen MR) is 105 cm³/mol. The van der Waals surface area contributed by atoms with Gasteiger partial charge in [-0.25, -0.2) is 0 Å². The molecule has 2 aromatic rings. The SMILES string of the molecule is CCc1c(C)cccc1NC1c2ccccc2N(C(C)=O)C(C)C1C. The number of nitrogens with one attached hydrogen (secondary N) is 1. The first kappa shape index (κ1) is 17.5. The third-order valence-corrected chi connectivity index (χ3v) is 5.64. The highest BCUT2D eigenvalue weighted by atomic mass is 16.2. The smallest absolute Gasteiger partial charge is 0.224 e. The minimum Gasteiger partial charge on any atom is -0.378 e. The van der Waals surface area contributed by atoms with Gasteiger partial charge in [-0.15, -0.1) is 0 Å². The summed E-state index contributed by atoms with van der Waals surface area (Å²) in [5, 5.41) is 3.80. The highest BCUT2D eigenvalue weighted by Gasteiger charge is 2.38. The number of benzene rings is 2. The average molecular weight is 336 g/mol. The highest BCUT2D eigenvalue weighted by molar-refractivity contribution is 5.94. The summed E-state index contributed by atoms with van der Waals surface area (Å²) in [5.41, 5.74) is 6.13. The Morgan fingerprint density at radius 2 is 1.84 bits per heavy atom. The molecule has 0 aromatic heterocycles. The Bertz CT molecular complexity index is 783. The minimum atomic E-state index is 0.107. The number of fused-ring (bicyclic) bond motifs is 1. The summed E-state index contributed by atoms with van der Waals surface area (Å²) in [6.45, 7) is 10.4. The van der Waals surface area contributed by atoms with Gasteiger partial charge in [0.2, 0.25) is 5.91 Å². The van der Waals surface area contributed by atoms with Crippen molar-refractivity contribution in [2.75, 3.05) is 10.2 Å². The molecule has 2 aromatic carbocycles. The van der Waals surface area contributed by atoms with E-state index in [9.17, 15) is 4.79 Å². The van der Waals surface area contributed by atoms with Crippen LogP contribution in [0.4, 0.5) is 11.4 Å². The summed E-state index contributed by atoms with van der Waals surface area (Å²) >= 11 is 0. The molecule has 3 atom stereocenters. The lowest BCUT2D eigenvalue weighted by Gasteiger charge is -2.44. The molecule has 25 heavy (non-hydrogen) atoms. The van der Waals surface area contributed by atoms with Crippen LogP contribution in [-0.2, 0) is 11.2 Å². The summed E-state index contributed by atoms with van der Waals surface area (Å²) in [6.07, 6.45) is 1.01. The number of anilines is 2. The van der Waals surface area contributed by atoms with Crippen molar-refractivity contribution >= 4 is 17.3 Å². The first-order valence-electron chi connectivity index (χ1n) is 9.19. The van der Waals surface area contributed by atoms with E-state index < -0.39 is 0 Å². The summed E-state index contributed by atoms with van der Waals surface area (Å²) < 4.78 is 0. The van der Waals surface area contributed by atoms with Crippen molar-refractivity contribution in [2.45, 2.75) is 53.1 Å². The topological polar surface area (TPSA) is 32.3 Å². The normalized spacial score (nSPS) is 22.4. The van der Waals surface area contributed by atoms with Crippen LogP contribution < -0.4 is 10.2 Å². The van der Waals surface area contributed by atoms with Crippen molar-refractivity contribution in [3.63, 3.8) is 0 Å². The van der Waals surface area contributed by atoms with Crippen LogP contribution in [0.2, 0.25) is 0 Å². The van der Waals surface area contributed by atoms with Gasteiger partial charge in [-0.2, -0.15) is 0 Å². The number of amides is 1. The molecule has 3 nitrogen and oxygen atoms in total. The molecule has 1 amide bonds. The largest absolute Gasteiger partial charge is 0.378 e. The number of carbonyl (C=O) groups is 1. The fourth-order valence-corrected chi connectivity index (χ4v) is 4.13. The Hall–Kier alpha value is -2.29. The van der Waals surface area contributed by atoms with Crippen molar-refractivity contribution in [2.24, 2.45) is 5.92 Å². The standard InChI is InChI=1S/C22H28N2O/c1-6-18-14(2)10-9-12-20(18)23-22-15(3)16(4)24(17(5)25)21-13-8-7-11-19(21)22/h7-13,15-16,22-23H,6H2,1-5H3. The molecule has 0 radical (unpaired) electrons. The van der Waals surface area contributed by atoms with E-state index in [2.05, 4.69) is 69.4 Å². The van der Waals surface area contributed by atoms with Crippen LogP contribution >= 0.6 is 0 Å². The number of carbonyl (C=O) groups excluding carboxylic acids is 1. The molecular weight excluding hydrogens is 308 g/mol. The Morgan fingerprint density at radius 1 is 1.12 bits per heavy atom. The van der Waals surface area contributed by atoms with Crippen molar-refractivity contribution in [1.29, 1.82) is 0 Å². The summed E-state index contributed by atoms with van der Waals surface area (Å²) in [7, 11) is 0. The predicted octanol–water partition coefficient (Wildman–Crippen LogP) is 5.10. The van der Waals surface area contributed by atoms with Crippen LogP contribution in [0.15, 0.2) is 42.5 Å². The van der Waals surface area contributed by atoms with Crippen LogP contribution in [0, 0.1) is 12.8 Å². The lowest BCUT2D eigenvalue weighted by molar-refractivity contribution is -0.117. The van der Waals surface area contributed by atoms with E-state index in [4.69, 9.17) is 0 Å². The molecule has 0 saturated carbocycles. The Morgan fingerprint density at radius 3 is 2.52 bits per heavy atom. The van der Waals surface area contributed by atoms with E-state index in [0.717, 1.165) is 12.1 Å². The van der Waals surface area contributed by atoms with Gasteiger partial charge in [0, 0.05) is 30.3 Å². The Labute approximate surface area is 151 Å². The van der Waals surface area contributed by atoms with E-state index >= 15 is 0 Å². The molecular formula is C22H28N2O.